The van der Waals surface area contributed by atoms with E-state index in [4.69, 9.17) is 0 Å². The molecule has 2 fully saturated rings. The van der Waals surface area contributed by atoms with Crippen molar-refractivity contribution in [3.8, 4) is 0 Å². The van der Waals surface area contributed by atoms with Crippen LogP contribution in [-0.2, 0) is 4.79 Å². The number of likely N-dealkylation sites (tertiary alicyclic amines) is 1. The third-order valence-electron chi connectivity index (χ3n) is 5.05. The lowest BCUT2D eigenvalue weighted by atomic mass is 9.69. The minimum atomic E-state index is -0.347. The molecule has 2 atom stereocenters. The van der Waals surface area contributed by atoms with Gasteiger partial charge in [0, 0.05) is 25.0 Å². The predicted molar refractivity (Wildman–Crippen MR) is 80.5 cm³/mol. The summed E-state index contributed by atoms with van der Waals surface area (Å²) >= 11 is 0. The Morgan fingerprint density at radius 3 is 2.62 bits per heavy atom. The van der Waals surface area contributed by atoms with Crippen molar-refractivity contribution in [3.05, 3.63) is 35.6 Å². The van der Waals surface area contributed by atoms with E-state index in [1.807, 2.05) is 17.0 Å². The number of carbonyl (C=O) groups is 1. The Kier molecular flexibility index (Phi) is 3.74. The fourth-order valence-electron chi connectivity index (χ4n) is 3.86. The number of nitrogens with zero attached hydrogens (tertiary/aromatic N) is 1. The molecular formula is C17H23FN2O. The van der Waals surface area contributed by atoms with Crippen LogP contribution in [0.15, 0.2) is 24.3 Å². The zero-order chi connectivity index (χ0) is 15.0. The second-order valence-electron chi connectivity index (χ2n) is 6.59. The van der Waals surface area contributed by atoms with Gasteiger partial charge in [-0.05, 0) is 50.9 Å². The summed E-state index contributed by atoms with van der Waals surface area (Å²) in [5.74, 6) is 0.194. The quantitative estimate of drug-likeness (QED) is 0.908. The molecule has 1 aromatic rings. The van der Waals surface area contributed by atoms with Crippen molar-refractivity contribution in [1.29, 1.82) is 0 Å². The number of benzene rings is 1. The molecule has 1 aromatic carbocycles. The first kappa shape index (κ1) is 14.5. The average Bonchev–Trinajstić information content (AvgIpc) is 2.75. The van der Waals surface area contributed by atoms with E-state index in [2.05, 4.69) is 19.2 Å². The summed E-state index contributed by atoms with van der Waals surface area (Å²) in [6, 6.07) is 6.89. The van der Waals surface area contributed by atoms with Crippen LogP contribution in [0.4, 0.5) is 4.39 Å². The normalized spacial score (nSPS) is 29.6. The molecule has 3 nitrogen and oxygen atoms in total. The van der Waals surface area contributed by atoms with Crippen LogP contribution in [0.25, 0.3) is 0 Å². The SMILES string of the molecule is CC(C)N1CC(c2ccc(F)cc2)C2(CCCNC2)C1=O. The standard InChI is InChI=1S/C17H23FN2O/c1-12(2)20-10-15(13-4-6-14(18)7-5-13)17(16(20)21)8-3-9-19-11-17/h4-7,12,15,19H,3,8-11H2,1-2H3. The van der Waals surface area contributed by atoms with Crippen molar-refractivity contribution in [1.82, 2.24) is 10.2 Å². The second kappa shape index (κ2) is 5.41. The van der Waals surface area contributed by atoms with Crippen LogP contribution in [0.5, 0.6) is 0 Å². The summed E-state index contributed by atoms with van der Waals surface area (Å²) in [5, 5.41) is 3.40. The van der Waals surface area contributed by atoms with Crippen molar-refractivity contribution >= 4 is 5.91 Å². The van der Waals surface area contributed by atoms with Gasteiger partial charge in [-0.25, -0.2) is 4.39 Å². The van der Waals surface area contributed by atoms with Crippen molar-refractivity contribution < 1.29 is 9.18 Å². The van der Waals surface area contributed by atoms with Gasteiger partial charge in [0.2, 0.25) is 5.91 Å². The molecule has 3 rings (SSSR count). The molecule has 4 heteroatoms. The van der Waals surface area contributed by atoms with Crippen LogP contribution in [-0.4, -0.2) is 36.5 Å². The summed E-state index contributed by atoms with van der Waals surface area (Å²) in [5.41, 5.74) is 0.733. The van der Waals surface area contributed by atoms with Gasteiger partial charge >= 0.3 is 0 Å². The Morgan fingerprint density at radius 1 is 1.33 bits per heavy atom. The molecule has 21 heavy (non-hydrogen) atoms. The molecule has 0 saturated carbocycles. The van der Waals surface area contributed by atoms with Crippen molar-refractivity contribution in [2.75, 3.05) is 19.6 Å². The second-order valence-corrected chi connectivity index (χ2v) is 6.59. The van der Waals surface area contributed by atoms with E-state index in [1.165, 1.54) is 12.1 Å². The van der Waals surface area contributed by atoms with Gasteiger partial charge in [-0.1, -0.05) is 12.1 Å². The maximum atomic E-state index is 13.2. The molecule has 1 spiro atoms. The predicted octanol–water partition coefficient (Wildman–Crippen LogP) is 2.53. The number of carbonyl (C=O) groups excluding carboxylic acids is 1. The number of halogens is 1. The minimum absolute atomic E-state index is 0.154. The van der Waals surface area contributed by atoms with Crippen LogP contribution >= 0.6 is 0 Å². The molecule has 0 aromatic heterocycles. The summed E-state index contributed by atoms with van der Waals surface area (Å²) in [6.07, 6.45) is 1.94. The highest BCUT2D eigenvalue weighted by Gasteiger charge is 2.54. The summed E-state index contributed by atoms with van der Waals surface area (Å²) in [4.78, 5) is 15.0. The molecular weight excluding hydrogens is 267 g/mol. The molecule has 0 bridgehead atoms. The monoisotopic (exact) mass is 290 g/mol. The third-order valence-corrected chi connectivity index (χ3v) is 5.05. The number of amides is 1. The van der Waals surface area contributed by atoms with Crippen LogP contribution < -0.4 is 5.32 Å². The molecule has 2 heterocycles. The van der Waals surface area contributed by atoms with Crippen molar-refractivity contribution in [2.24, 2.45) is 5.41 Å². The van der Waals surface area contributed by atoms with E-state index in [9.17, 15) is 9.18 Å². The number of hydrogen-bond acceptors (Lipinski definition) is 2. The highest BCUT2D eigenvalue weighted by molar-refractivity contribution is 5.87. The molecule has 2 aliphatic rings. The number of piperidine rings is 1. The van der Waals surface area contributed by atoms with E-state index in [0.717, 1.165) is 38.0 Å². The Bertz CT molecular complexity index is 520. The lowest BCUT2D eigenvalue weighted by Crippen LogP contribution is -2.48. The van der Waals surface area contributed by atoms with Gasteiger partial charge in [-0.2, -0.15) is 0 Å². The lowest BCUT2D eigenvalue weighted by Gasteiger charge is -2.37. The van der Waals surface area contributed by atoms with Crippen molar-refractivity contribution in [3.63, 3.8) is 0 Å². The van der Waals surface area contributed by atoms with E-state index in [0.29, 0.717) is 0 Å². The summed E-state index contributed by atoms with van der Waals surface area (Å²) in [6.45, 7) is 6.58. The maximum absolute atomic E-state index is 13.2. The van der Waals surface area contributed by atoms with Gasteiger partial charge in [0.05, 0.1) is 5.41 Å². The molecule has 2 saturated heterocycles. The first-order chi connectivity index (χ1) is 10.0. The van der Waals surface area contributed by atoms with E-state index in [1.54, 1.807) is 0 Å². The van der Waals surface area contributed by atoms with Crippen LogP contribution in [0.2, 0.25) is 0 Å². The van der Waals surface area contributed by atoms with Crippen LogP contribution in [0.3, 0.4) is 0 Å². The third kappa shape index (κ3) is 2.35. The molecule has 0 radical (unpaired) electrons. The first-order valence-electron chi connectivity index (χ1n) is 7.82. The highest BCUT2D eigenvalue weighted by atomic mass is 19.1. The van der Waals surface area contributed by atoms with Gasteiger partial charge in [-0.15, -0.1) is 0 Å². The largest absolute Gasteiger partial charge is 0.339 e. The molecule has 2 aliphatic heterocycles. The fraction of sp³-hybridized carbons (Fsp3) is 0.588. The first-order valence-corrected chi connectivity index (χ1v) is 7.82. The average molecular weight is 290 g/mol. The number of rotatable bonds is 2. The molecule has 1 amide bonds. The van der Waals surface area contributed by atoms with Gasteiger partial charge in [0.1, 0.15) is 5.82 Å². The molecule has 2 unspecified atom stereocenters. The smallest absolute Gasteiger partial charge is 0.231 e. The zero-order valence-electron chi connectivity index (χ0n) is 12.7. The Hall–Kier alpha value is -1.42. The topological polar surface area (TPSA) is 32.3 Å². The Morgan fingerprint density at radius 2 is 2.05 bits per heavy atom. The minimum Gasteiger partial charge on any atom is -0.339 e. The highest BCUT2D eigenvalue weighted by Crippen LogP contribution is 2.48. The maximum Gasteiger partial charge on any atom is 0.231 e. The summed E-state index contributed by atoms with van der Waals surface area (Å²) in [7, 11) is 0. The molecule has 0 aliphatic carbocycles. The Balaban J connectivity index is 1.99. The van der Waals surface area contributed by atoms with Crippen LogP contribution in [0.1, 0.15) is 38.2 Å². The number of nitrogens with one attached hydrogen (secondary N) is 1. The van der Waals surface area contributed by atoms with Crippen LogP contribution in [0, 0.1) is 11.2 Å². The lowest BCUT2D eigenvalue weighted by molar-refractivity contribution is -0.138. The molecule has 114 valence electrons. The van der Waals surface area contributed by atoms with E-state index < -0.39 is 0 Å². The molecule has 1 N–H and O–H groups in total. The summed E-state index contributed by atoms with van der Waals surface area (Å²) < 4.78 is 13.2. The van der Waals surface area contributed by atoms with Gasteiger partial charge in [-0.3, -0.25) is 4.79 Å². The number of hydrogen-bond donors (Lipinski definition) is 1. The van der Waals surface area contributed by atoms with Gasteiger partial charge in [0.25, 0.3) is 0 Å². The zero-order valence-corrected chi connectivity index (χ0v) is 12.7. The van der Waals surface area contributed by atoms with E-state index in [-0.39, 0.29) is 29.1 Å². The fourth-order valence-corrected chi connectivity index (χ4v) is 3.86. The van der Waals surface area contributed by atoms with Gasteiger partial charge < -0.3 is 10.2 Å². The van der Waals surface area contributed by atoms with E-state index >= 15 is 0 Å². The Labute approximate surface area is 125 Å². The van der Waals surface area contributed by atoms with Gasteiger partial charge in [0.15, 0.2) is 0 Å². The van der Waals surface area contributed by atoms with Crippen molar-refractivity contribution in [2.45, 2.75) is 38.6 Å².